The van der Waals surface area contributed by atoms with Crippen molar-refractivity contribution in [2.45, 2.75) is 46.2 Å². The lowest BCUT2D eigenvalue weighted by Crippen LogP contribution is -2.29. The number of halogens is 1. The van der Waals surface area contributed by atoms with Crippen LogP contribution in [0.15, 0.2) is 0 Å². The third-order valence-corrected chi connectivity index (χ3v) is 2.15. The Bertz CT molecular complexity index is 170. The molecule has 0 saturated carbocycles. The average molecular weight is 190 g/mol. The molecule has 0 aliphatic rings. The lowest BCUT2D eigenvalue weighted by Gasteiger charge is -2.27. The van der Waals surface area contributed by atoms with Gasteiger partial charge in [0.15, 0.2) is 0 Å². The fourth-order valence-electron chi connectivity index (χ4n) is 1.39. The summed E-state index contributed by atoms with van der Waals surface area (Å²) in [6.07, 6.45) is 0.539. The molecule has 2 nitrogen and oxygen atoms in total. The molecule has 0 radical (unpaired) electrons. The van der Waals surface area contributed by atoms with E-state index in [1.165, 1.54) is 13.8 Å². The Kier molecular flexibility index (Phi) is 4.37. The van der Waals surface area contributed by atoms with Crippen molar-refractivity contribution in [3.8, 4) is 0 Å². The van der Waals surface area contributed by atoms with Gasteiger partial charge in [-0.15, -0.1) is 0 Å². The Morgan fingerprint density at radius 1 is 1.46 bits per heavy atom. The molecular formula is C10H19FO2. The van der Waals surface area contributed by atoms with Crippen LogP contribution in [0.5, 0.6) is 0 Å². The van der Waals surface area contributed by atoms with Gasteiger partial charge in [0.05, 0.1) is 6.42 Å². The molecule has 3 heteroatoms. The van der Waals surface area contributed by atoms with Gasteiger partial charge in [0.25, 0.3) is 0 Å². The van der Waals surface area contributed by atoms with E-state index in [1.807, 2.05) is 13.8 Å². The normalized spacial score (nSPS) is 14.6. The van der Waals surface area contributed by atoms with E-state index in [0.29, 0.717) is 12.3 Å². The minimum atomic E-state index is -1.40. The van der Waals surface area contributed by atoms with Crippen molar-refractivity contribution in [2.75, 3.05) is 0 Å². The zero-order chi connectivity index (χ0) is 10.6. The smallest absolute Gasteiger partial charge is 0.303 e. The molecular weight excluding hydrogens is 171 g/mol. The maximum Gasteiger partial charge on any atom is 0.303 e. The molecule has 0 rings (SSSR count). The zero-order valence-corrected chi connectivity index (χ0v) is 8.80. The van der Waals surface area contributed by atoms with E-state index in [2.05, 4.69) is 0 Å². The first-order chi connectivity index (χ1) is 5.73. The van der Waals surface area contributed by atoms with Crippen LogP contribution in [0.4, 0.5) is 4.39 Å². The molecule has 78 valence electrons. The summed E-state index contributed by atoms with van der Waals surface area (Å²) in [5, 5.41) is 8.59. The van der Waals surface area contributed by atoms with Crippen LogP contribution in [-0.4, -0.2) is 16.7 Å². The van der Waals surface area contributed by atoms with Gasteiger partial charge in [-0.2, -0.15) is 0 Å². The number of carboxylic acid groups (broad SMARTS) is 1. The molecule has 0 bridgehead atoms. The molecule has 0 aromatic rings. The summed E-state index contributed by atoms with van der Waals surface area (Å²) >= 11 is 0. The third kappa shape index (κ3) is 5.61. The standard InChI is InChI=1S/C10H19FO2/c1-7(2)5-8(6-9(12)13)10(3,4)11/h7-8H,5-6H2,1-4H3,(H,12,13). The molecule has 0 aromatic heterocycles. The quantitative estimate of drug-likeness (QED) is 0.723. The van der Waals surface area contributed by atoms with Crippen molar-refractivity contribution in [3.05, 3.63) is 0 Å². The van der Waals surface area contributed by atoms with E-state index < -0.39 is 11.6 Å². The number of alkyl halides is 1. The molecule has 0 aliphatic carbocycles. The van der Waals surface area contributed by atoms with Crippen LogP contribution in [0.2, 0.25) is 0 Å². The van der Waals surface area contributed by atoms with Crippen LogP contribution < -0.4 is 0 Å². The van der Waals surface area contributed by atoms with E-state index in [4.69, 9.17) is 5.11 Å². The Morgan fingerprint density at radius 3 is 2.15 bits per heavy atom. The lowest BCUT2D eigenvalue weighted by atomic mass is 9.83. The van der Waals surface area contributed by atoms with Gasteiger partial charge in [-0.05, 0) is 26.2 Å². The van der Waals surface area contributed by atoms with E-state index in [9.17, 15) is 9.18 Å². The summed E-state index contributed by atoms with van der Waals surface area (Å²) in [6.45, 7) is 6.84. The van der Waals surface area contributed by atoms with Crippen LogP contribution >= 0.6 is 0 Å². The highest BCUT2D eigenvalue weighted by Gasteiger charge is 2.31. The molecule has 1 N–H and O–H groups in total. The average Bonchev–Trinajstić information content (AvgIpc) is 1.81. The Labute approximate surface area is 79.1 Å². The molecule has 0 amide bonds. The van der Waals surface area contributed by atoms with E-state index in [1.54, 1.807) is 0 Å². The van der Waals surface area contributed by atoms with Crippen LogP contribution in [0.25, 0.3) is 0 Å². The van der Waals surface area contributed by atoms with Crippen molar-refractivity contribution in [2.24, 2.45) is 11.8 Å². The maximum absolute atomic E-state index is 13.5. The predicted molar refractivity (Wildman–Crippen MR) is 50.4 cm³/mol. The molecule has 0 spiro atoms. The third-order valence-electron chi connectivity index (χ3n) is 2.15. The first-order valence-electron chi connectivity index (χ1n) is 4.64. The van der Waals surface area contributed by atoms with Crippen LogP contribution in [0.1, 0.15) is 40.5 Å². The van der Waals surface area contributed by atoms with Crippen molar-refractivity contribution in [3.63, 3.8) is 0 Å². The second-order valence-corrected chi connectivity index (χ2v) is 4.49. The van der Waals surface area contributed by atoms with Crippen LogP contribution in [0, 0.1) is 11.8 Å². The number of hydrogen-bond acceptors (Lipinski definition) is 1. The topological polar surface area (TPSA) is 37.3 Å². The molecule has 13 heavy (non-hydrogen) atoms. The number of carbonyl (C=O) groups is 1. The van der Waals surface area contributed by atoms with E-state index in [-0.39, 0.29) is 12.3 Å². The largest absolute Gasteiger partial charge is 0.481 e. The minimum absolute atomic E-state index is 0.0817. The summed E-state index contributed by atoms with van der Waals surface area (Å²) in [4.78, 5) is 10.5. The SMILES string of the molecule is CC(C)CC(CC(=O)O)C(C)(C)F. The molecule has 0 aliphatic heterocycles. The monoisotopic (exact) mass is 190 g/mol. The molecule has 1 unspecified atom stereocenters. The minimum Gasteiger partial charge on any atom is -0.481 e. The highest BCUT2D eigenvalue weighted by Crippen LogP contribution is 2.30. The highest BCUT2D eigenvalue weighted by atomic mass is 19.1. The number of aliphatic carboxylic acids is 1. The van der Waals surface area contributed by atoms with Crippen molar-refractivity contribution >= 4 is 5.97 Å². The van der Waals surface area contributed by atoms with Crippen molar-refractivity contribution in [1.82, 2.24) is 0 Å². The molecule has 1 atom stereocenters. The van der Waals surface area contributed by atoms with E-state index >= 15 is 0 Å². The predicted octanol–water partition coefficient (Wildman–Crippen LogP) is 2.87. The van der Waals surface area contributed by atoms with Gasteiger partial charge in [-0.3, -0.25) is 4.79 Å². The molecule has 0 saturated heterocycles. The number of hydrogen-bond donors (Lipinski definition) is 1. The fourth-order valence-corrected chi connectivity index (χ4v) is 1.39. The summed E-state index contributed by atoms with van der Waals surface area (Å²) in [5.41, 5.74) is -1.40. The number of carboxylic acids is 1. The van der Waals surface area contributed by atoms with Gasteiger partial charge in [0, 0.05) is 5.92 Å². The van der Waals surface area contributed by atoms with Crippen LogP contribution in [-0.2, 0) is 4.79 Å². The van der Waals surface area contributed by atoms with Crippen LogP contribution in [0.3, 0.4) is 0 Å². The number of rotatable bonds is 5. The fraction of sp³-hybridized carbons (Fsp3) is 0.900. The molecule has 0 fully saturated rings. The first-order valence-corrected chi connectivity index (χ1v) is 4.64. The summed E-state index contributed by atoms with van der Waals surface area (Å²) < 4.78 is 13.5. The summed E-state index contributed by atoms with van der Waals surface area (Å²) in [5.74, 6) is -0.972. The van der Waals surface area contributed by atoms with Gasteiger partial charge in [-0.25, -0.2) is 4.39 Å². The molecule has 0 heterocycles. The second kappa shape index (κ2) is 4.58. The second-order valence-electron chi connectivity index (χ2n) is 4.49. The van der Waals surface area contributed by atoms with Gasteiger partial charge in [0.2, 0.25) is 0 Å². The van der Waals surface area contributed by atoms with Gasteiger partial charge in [0.1, 0.15) is 5.67 Å². The van der Waals surface area contributed by atoms with Crippen molar-refractivity contribution in [1.29, 1.82) is 0 Å². The van der Waals surface area contributed by atoms with Gasteiger partial charge in [-0.1, -0.05) is 13.8 Å². The Balaban J connectivity index is 4.28. The Morgan fingerprint density at radius 2 is 1.92 bits per heavy atom. The zero-order valence-electron chi connectivity index (χ0n) is 8.80. The summed E-state index contributed by atoms with van der Waals surface area (Å²) in [7, 11) is 0. The highest BCUT2D eigenvalue weighted by molar-refractivity contribution is 5.67. The maximum atomic E-state index is 13.5. The first kappa shape index (κ1) is 12.4. The summed E-state index contributed by atoms with van der Waals surface area (Å²) in [6, 6.07) is 0. The van der Waals surface area contributed by atoms with E-state index in [0.717, 1.165) is 0 Å². The Hall–Kier alpha value is -0.600. The van der Waals surface area contributed by atoms with Crippen molar-refractivity contribution < 1.29 is 14.3 Å². The lowest BCUT2D eigenvalue weighted by molar-refractivity contribution is -0.139. The van der Waals surface area contributed by atoms with Gasteiger partial charge >= 0.3 is 5.97 Å². The molecule has 0 aromatic carbocycles. The van der Waals surface area contributed by atoms with Gasteiger partial charge < -0.3 is 5.11 Å².